The first kappa shape index (κ1) is 12.8. The zero-order valence-corrected chi connectivity index (χ0v) is 12.7. The van der Waals surface area contributed by atoms with Gasteiger partial charge < -0.3 is 10.4 Å². The first-order chi connectivity index (χ1) is 10.8. The molecular formula is C18H21N3O. The Morgan fingerprint density at radius 2 is 2.00 bits per heavy atom. The van der Waals surface area contributed by atoms with Gasteiger partial charge in [-0.2, -0.15) is 0 Å². The van der Waals surface area contributed by atoms with Crippen molar-refractivity contribution < 1.29 is 5.11 Å². The van der Waals surface area contributed by atoms with Crippen LogP contribution in [0.4, 0.5) is 0 Å². The van der Waals surface area contributed by atoms with Gasteiger partial charge in [-0.15, -0.1) is 0 Å². The lowest BCUT2D eigenvalue weighted by molar-refractivity contribution is 0.0800. The van der Waals surface area contributed by atoms with Crippen LogP contribution < -0.4 is 5.32 Å². The zero-order chi connectivity index (χ0) is 14.7. The summed E-state index contributed by atoms with van der Waals surface area (Å²) in [6.07, 6.45) is 10.9. The third-order valence-corrected chi connectivity index (χ3v) is 6.35. The summed E-state index contributed by atoms with van der Waals surface area (Å²) in [5, 5.41) is 14.2. The molecule has 1 saturated carbocycles. The van der Waals surface area contributed by atoms with E-state index in [-0.39, 0.29) is 5.41 Å². The second-order valence-corrected chi connectivity index (χ2v) is 7.20. The minimum Gasteiger partial charge on any atom is -0.506 e. The summed E-state index contributed by atoms with van der Waals surface area (Å²) in [7, 11) is 0. The van der Waals surface area contributed by atoms with Crippen LogP contribution in [0, 0.1) is 5.92 Å². The topological polar surface area (TPSA) is 58.0 Å². The van der Waals surface area contributed by atoms with Crippen molar-refractivity contribution in [2.24, 2.45) is 5.92 Å². The van der Waals surface area contributed by atoms with Crippen LogP contribution in [0.3, 0.4) is 0 Å². The van der Waals surface area contributed by atoms with Gasteiger partial charge in [0.1, 0.15) is 11.3 Å². The van der Waals surface area contributed by atoms with Crippen molar-refractivity contribution >= 4 is 11.0 Å². The molecule has 3 aliphatic rings. The number of aromatic nitrogens is 2. The fourth-order valence-corrected chi connectivity index (χ4v) is 5.51. The predicted molar refractivity (Wildman–Crippen MR) is 85.0 cm³/mol. The van der Waals surface area contributed by atoms with E-state index in [4.69, 9.17) is 0 Å². The van der Waals surface area contributed by atoms with Crippen LogP contribution in [-0.4, -0.2) is 27.7 Å². The second kappa shape index (κ2) is 4.42. The van der Waals surface area contributed by atoms with Crippen molar-refractivity contribution in [1.29, 1.82) is 0 Å². The molecule has 0 amide bonds. The van der Waals surface area contributed by atoms with E-state index >= 15 is 0 Å². The number of benzene rings is 1. The molecule has 1 aromatic heterocycles. The van der Waals surface area contributed by atoms with E-state index in [1.165, 1.54) is 43.2 Å². The van der Waals surface area contributed by atoms with E-state index in [1.54, 1.807) is 12.4 Å². The maximum atomic E-state index is 10.5. The Bertz CT molecular complexity index is 755. The molecule has 22 heavy (non-hydrogen) atoms. The lowest BCUT2D eigenvalue weighted by atomic mass is 9.52. The molecule has 3 unspecified atom stereocenters. The number of hydrogen-bond donors (Lipinski definition) is 2. The van der Waals surface area contributed by atoms with E-state index in [2.05, 4.69) is 15.3 Å². The highest BCUT2D eigenvalue weighted by atomic mass is 16.3. The van der Waals surface area contributed by atoms with Crippen molar-refractivity contribution in [2.75, 3.05) is 6.54 Å². The van der Waals surface area contributed by atoms with Crippen LogP contribution in [0.15, 0.2) is 18.5 Å². The van der Waals surface area contributed by atoms with Crippen LogP contribution in [0.25, 0.3) is 11.0 Å². The van der Waals surface area contributed by atoms with Gasteiger partial charge >= 0.3 is 0 Å². The van der Waals surface area contributed by atoms with Gasteiger partial charge in [-0.25, -0.2) is 4.98 Å². The van der Waals surface area contributed by atoms with Gasteiger partial charge in [-0.05, 0) is 55.3 Å². The Kier molecular flexibility index (Phi) is 2.57. The number of nitrogens with one attached hydrogen (secondary N) is 1. The van der Waals surface area contributed by atoms with E-state index in [0.717, 1.165) is 24.4 Å². The summed E-state index contributed by atoms with van der Waals surface area (Å²) in [5.41, 5.74) is 4.53. The Balaban J connectivity index is 1.83. The lowest BCUT2D eigenvalue weighted by Crippen LogP contribution is -2.59. The largest absolute Gasteiger partial charge is 0.506 e. The monoisotopic (exact) mass is 295 g/mol. The Hall–Kier alpha value is -1.68. The van der Waals surface area contributed by atoms with Crippen LogP contribution >= 0.6 is 0 Å². The fraction of sp³-hybridized carbons (Fsp3) is 0.556. The summed E-state index contributed by atoms with van der Waals surface area (Å²) in [5.74, 6) is 1.02. The number of aromatic hydroxyl groups is 1. The molecular weight excluding hydrogens is 274 g/mol. The van der Waals surface area contributed by atoms with Gasteiger partial charge in [0.05, 0.1) is 5.52 Å². The molecule has 3 atom stereocenters. The van der Waals surface area contributed by atoms with E-state index in [9.17, 15) is 5.11 Å². The molecule has 1 aliphatic heterocycles. The summed E-state index contributed by atoms with van der Waals surface area (Å²) < 4.78 is 0. The number of rotatable bonds is 0. The molecule has 5 rings (SSSR count). The zero-order valence-electron chi connectivity index (χ0n) is 12.7. The maximum Gasteiger partial charge on any atom is 0.143 e. The fourth-order valence-electron chi connectivity index (χ4n) is 5.51. The van der Waals surface area contributed by atoms with Crippen LogP contribution in [0.1, 0.15) is 43.2 Å². The van der Waals surface area contributed by atoms with Crippen LogP contribution in [0.5, 0.6) is 5.75 Å². The molecule has 1 saturated heterocycles. The number of nitrogens with zero attached hydrogens (tertiary/aromatic N) is 2. The van der Waals surface area contributed by atoms with Crippen molar-refractivity contribution in [3.05, 3.63) is 29.6 Å². The molecule has 2 aliphatic carbocycles. The smallest absolute Gasteiger partial charge is 0.143 e. The van der Waals surface area contributed by atoms with Crippen molar-refractivity contribution in [3.63, 3.8) is 0 Å². The second-order valence-electron chi connectivity index (χ2n) is 7.20. The highest BCUT2D eigenvalue weighted by Crippen LogP contribution is 2.55. The number of piperidine rings is 1. The van der Waals surface area contributed by atoms with Gasteiger partial charge in [0.2, 0.25) is 0 Å². The summed E-state index contributed by atoms with van der Waals surface area (Å²) in [6, 6.07) is 2.59. The van der Waals surface area contributed by atoms with Gasteiger partial charge in [0, 0.05) is 23.9 Å². The quantitative estimate of drug-likeness (QED) is 0.784. The molecule has 2 aromatic rings. The highest BCUT2D eigenvalue weighted by Gasteiger charge is 2.52. The number of hydrogen-bond acceptors (Lipinski definition) is 4. The van der Waals surface area contributed by atoms with E-state index < -0.39 is 0 Å². The third-order valence-electron chi connectivity index (χ3n) is 6.35. The summed E-state index contributed by atoms with van der Waals surface area (Å²) in [6.45, 7) is 1.10. The van der Waals surface area contributed by atoms with Crippen molar-refractivity contribution in [3.8, 4) is 5.75 Å². The third kappa shape index (κ3) is 1.51. The molecule has 4 nitrogen and oxygen atoms in total. The average Bonchev–Trinajstić information content (AvgIpc) is 2.56. The molecule has 114 valence electrons. The molecule has 2 fully saturated rings. The van der Waals surface area contributed by atoms with Gasteiger partial charge in [0.15, 0.2) is 0 Å². The SMILES string of the molecule is Oc1cc2c(c3nccnc13)CC1NCCC23CCCCC13. The highest BCUT2D eigenvalue weighted by molar-refractivity contribution is 5.86. The summed E-state index contributed by atoms with van der Waals surface area (Å²) in [4.78, 5) is 8.92. The minimum atomic E-state index is 0.255. The van der Waals surface area contributed by atoms with Gasteiger partial charge in [-0.3, -0.25) is 4.98 Å². The molecule has 0 radical (unpaired) electrons. The molecule has 0 spiro atoms. The summed E-state index contributed by atoms with van der Waals surface area (Å²) >= 11 is 0. The molecule has 2 bridgehead atoms. The van der Waals surface area contributed by atoms with Crippen molar-refractivity contribution in [2.45, 2.75) is 50.0 Å². The molecule has 2 N–H and O–H groups in total. The first-order valence-electron chi connectivity index (χ1n) is 8.49. The Morgan fingerprint density at radius 1 is 1.14 bits per heavy atom. The van der Waals surface area contributed by atoms with Gasteiger partial charge in [0.25, 0.3) is 0 Å². The first-order valence-corrected chi connectivity index (χ1v) is 8.49. The number of phenols is 1. The number of fused-ring (bicyclic) bond motifs is 3. The Morgan fingerprint density at radius 3 is 2.91 bits per heavy atom. The normalized spacial score (nSPS) is 33.3. The van der Waals surface area contributed by atoms with E-state index in [1.807, 2.05) is 6.07 Å². The molecule has 4 heteroatoms. The predicted octanol–water partition coefficient (Wildman–Crippen LogP) is 2.68. The van der Waals surface area contributed by atoms with Crippen molar-refractivity contribution in [1.82, 2.24) is 15.3 Å². The number of phenolic OH excluding ortho intramolecular Hbond substituents is 1. The van der Waals surface area contributed by atoms with Crippen LogP contribution in [-0.2, 0) is 11.8 Å². The maximum absolute atomic E-state index is 10.5. The Labute approximate surface area is 130 Å². The lowest BCUT2D eigenvalue weighted by Gasteiger charge is -2.56. The minimum absolute atomic E-state index is 0.255. The standard InChI is InChI=1S/C18H21N3O/c22-15-10-13-11(16-17(15)21-8-7-20-16)9-14-12-3-1-2-4-18(12,13)5-6-19-14/h7-8,10,12,14,19,22H,1-6,9H2. The van der Waals surface area contributed by atoms with E-state index in [0.29, 0.717) is 17.3 Å². The van der Waals surface area contributed by atoms with Crippen LogP contribution in [0.2, 0.25) is 0 Å². The average molecular weight is 295 g/mol. The molecule has 1 aromatic carbocycles. The molecule has 2 heterocycles. The van der Waals surface area contributed by atoms with Gasteiger partial charge in [-0.1, -0.05) is 12.8 Å².